The van der Waals surface area contributed by atoms with Crippen LogP contribution >= 0.6 is 0 Å². The van der Waals surface area contributed by atoms with Gasteiger partial charge >= 0.3 is 0 Å². The van der Waals surface area contributed by atoms with Crippen molar-refractivity contribution in [3.63, 3.8) is 0 Å². The summed E-state index contributed by atoms with van der Waals surface area (Å²) in [6.45, 7) is 8.30. The van der Waals surface area contributed by atoms with E-state index in [1.807, 2.05) is 54.6 Å². The van der Waals surface area contributed by atoms with Gasteiger partial charge in [-0.1, -0.05) is 67.8 Å². The highest BCUT2D eigenvalue weighted by Crippen LogP contribution is 2.21. The minimum Gasteiger partial charge on any atom is -0.488 e. The molecule has 0 spiro atoms. The van der Waals surface area contributed by atoms with Gasteiger partial charge in [0.05, 0.1) is 0 Å². The van der Waals surface area contributed by atoms with Gasteiger partial charge in [-0.2, -0.15) is 0 Å². The lowest BCUT2D eigenvalue weighted by Crippen LogP contribution is -2.00. The maximum absolute atomic E-state index is 5.77. The second kappa shape index (κ2) is 5.87. The highest BCUT2D eigenvalue weighted by atomic mass is 16.5. The Hall–Kier alpha value is -2.28. The first-order chi connectivity index (χ1) is 8.81. The Morgan fingerprint density at radius 2 is 1.67 bits per heavy atom. The maximum atomic E-state index is 5.77. The van der Waals surface area contributed by atoms with Crippen molar-refractivity contribution in [1.82, 2.24) is 0 Å². The summed E-state index contributed by atoms with van der Waals surface area (Å²) in [5.41, 5.74) is 3.07. The van der Waals surface area contributed by atoms with Crippen LogP contribution in [-0.2, 0) is 0 Å². The van der Waals surface area contributed by atoms with Crippen molar-refractivity contribution >= 4 is 11.6 Å². The van der Waals surface area contributed by atoms with Crippen LogP contribution in [0.2, 0.25) is 0 Å². The quantitative estimate of drug-likeness (QED) is 0.746. The molecule has 1 nitrogen and oxygen atoms in total. The van der Waals surface area contributed by atoms with E-state index < -0.39 is 0 Å². The molecule has 0 saturated carbocycles. The van der Waals surface area contributed by atoms with Gasteiger partial charge in [0.15, 0.2) is 0 Å². The highest BCUT2D eigenvalue weighted by molar-refractivity contribution is 5.64. The van der Waals surface area contributed by atoms with E-state index >= 15 is 0 Å². The number of ether oxygens (including phenoxy) is 1. The number of hydrogen-bond acceptors (Lipinski definition) is 1. The van der Waals surface area contributed by atoms with Gasteiger partial charge in [0, 0.05) is 5.56 Å². The summed E-state index contributed by atoms with van der Waals surface area (Å²) in [6, 6.07) is 17.9. The minimum absolute atomic E-state index is 0.481. The first-order valence-electron chi connectivity index (χ1n) is 5.88. The Morgan fingerprint density at radius 1 is 1.00 bits per heavy atom. The summed E-state index contributed by atoms with van der Waals surface area (Å²) < 4.78 is 5.77. The molecule has 2 rings (SSSR count). The summed E-state index contributed by atoms with van der Waals surface area (Å²) in [5.74, 6) is 0.838. The summed E-state index contributed by atoms with van der Waals surface area (Å²) in [7, 11) is 0. The number of para-hydroxylation sites is 1. The van der Waals surface area contributed by atoms with Gasteiger partial charge in [-0.15, -0.1) is 0 Å². The van der Waals surface area contributed by atoms with Gasteiger partial charge in [0.2, 0.25) is 0 Å². The van der Waals surface area contributed by atoms with E-state index in [2.05, 4.69) is 13.2 Å². The Bertz CT molecular complexity index is 541. The normalized spacial score (nSPS) is 9.78. The third-order valence-corrected chi connectivity index (χ3v) is 2.72. The third kappa shape index (κ3) is 2.89. The summed E-state index contributed by atoms with van der Waals surface area (Å²) in [4.78, 5) is 0. The molecule has 0 radical (unpaired) electrons. The van der Waals surface area contributed by atoms with E-state index in [4.69, 9.17) is 4.74 Å². The van der Waals surface area contributed by atoms with Crippen LogP contribution in [0.5, 0.6) is 5.75 Å². The van der Waals surface area contributed by atoms with Gasteiger partial charge in [0.1, 0.15) is 12.4 Å². The second-order valence-electron chi connectivity index (χ2n) is 4.00. The monoisotopic (exact) mass is 236 g/mol. The molecule has 0 fully saturated rings. The molecule has 0 aliphatic rings. The molecule has 0 amide bonds. The lowest BCUT2D eigenvalue weighted by molar-refractivity contribution is 0.369. The van der Waals surface area contributed by atoms with E-state index in [1.54, 1.807) is 6.08 Å². The highest BCUT2D eigenvalue weighted by Gasteiger charge is 2.02. The zero-order chi connectivity index (χ0) is 12.8. The van der Waals surface area contributed by atoms with Gasteiger partial charge in [0.25, 0.3) is 0 Å². The van der Waals surface area contributed by atoms with Crippen molar-refractivity contribution in [3.8, 4) is 5.75 Å². The van der Waals surface area contributed by atoms with Crippen molar-refractivity contribution in [2.45, 2.75) is 0 Å². The molecule has 0 aliphatic carbocycles. The number of rotatable bonds is 5. The van der Waals surface area contributed by atoms with E-state index in [0.29, 0.717) is 6.61 Å². The molecule has 90 valence electrons. The fraction of sp³-hybridized carbons (Fsp3) is 0.0588. The predicted molar refractivity (Wildman–Crippen MR) is 77.5 cm³/mol. The molecule has 2 aromatic rings. The maximum Gasteiger partial charge on any atom is 0.127 e. The van der Waals surface area contributed by atoms with Gasteiger partial charge in [-0.25, -0.2) is 0 Å². The Labute approximate surface area is 108 Å². The predicted octanol–water partition coefficient (Wildman–Crippen LogP) is 4.42. The summed E-state index contributed by atoms with van der Waals surface area (Å²) >= 11 is 0. The van der Waals surface area contributed by atoms with Crippen LogP contribution in [0.1, 0.15) is 11.1 Å². The third-order valence-electron chi connectivity index (χ3n) is 2.72. The van der Waals surface area contributed by atoms with E-state index in [0.717, 1.165) is 22.4 Å². The van der Waals surface area contributed by atoms with Gasteiger partial charge in [-0.05, 0) is 17.2 Å². The Kier molecular flexibility index (Phi) is 3.98. The first kappa shape index (κ1) is 12.2. The lowest BCUT2D eigenvalue weighted by atomic mass is 10.1. The molecule has 0 bridgehead atoms. The fourth-order valence-corrected chi connectivity index (χ4v) is 1.70. The molecule has 0 aliphatic heterocycles. The van der Waals surface area contributed by atoms with Crippen LogP contribution in [-0.4, -0.2) is 6.61 Å². The molecule has 0 heterocycles. The van der Waals surface area contributed by atoms with Gasteiger partial charge in [-0.3, -0.25) is 0 Å². The van der Waals surface area contributed by atoms with Crippen molar-refractivity contribution in [1.29, 1.82) is 0 Å². The smallest absolute Gasteiger partial charge is 0.127 e. The summed E-state index contributed by atoms with van der Waals surface area (Å²) in [5, 5.41) is 0. The molecule has 2 aromatic carbocycles. The van der Waals surface area contributed by atoms with E-state index in [1.165, 1.54) is 0 Å². The molecule has 18 heavy (non-hydrogen) atoms. The zero-order valence-electron chi connectivity index (χ0n) is 10.3. The number of benzene rings is 2. The standard InChI is InChI=1S/C17H16O/c1-3-15-9-7-8-12-17(15)18-13-14(2)16-10-5-4-6-11-16/h3-12H,1-2,13H2. The Morgan fingerprint density at radius 3 is 2.39 bits per heavy atom. The Balaban J connectivity index is 2.04. The lowest BCUT2D eigenvalue weighted by Gasteiger charge is -2.11. The van der Waals surface area contributed by atoms with Crippen LogP contribution in [0.15, 0.2) is 67.8 Å². The van der Waals surface area contributed by atoms with Gasteiger partial charge < -0.3 is 4.74 Å². The van der Waals surface area contributed by atoms with Crippen LogP contribution in [0.25, 0.3) is 11.6 Å². The van der Waals surface area contributed by atoms with Crippen molar-refractivity contribution in [3.05, 3.63) is 78.9 Å². The van der Waals surface area contributed by atoms with Crippen molar-refractivity contribution in [2.24, 2.45) is 0 Å². The summed E-state index contributed by atoms with van der Waals surface area (Å²) in [6.07, 6.45) is 1.79. The molecule has 0 unspecified atom stereocenters. The molecular weight excluding hydrogens is 220 g/mol. The van der Waals surface area contributed by atoms with Crippen molar-refractivity contribution < 1.29 is 4.74 Å². The van der Waals surface area contributed by atoms with Crippen LogP contribution < -0.4 is 4.74 Å². The molecular formula is C17H16O. The van der Waals surface area contributed by atoms with E-state index in [9.17, 15) is 0 Å². The average Bonchev–Trinajstić information content (AvgIpc) is 2.46. The van der Waals surface area contributed by atoms with Crippen molar-refractivity contribution in [2.75, 3.05) is 6.61 Å². The SMILES string of the molecule is C=Cc1ccccc1OCC(=C)c1ccccc1. The first-order valence-corrected chi connectivity index (χ1v) is 5.88. The molecule has 0 atom stereocenters. The van der Waals surface area contributed by atoms with Crippen LogP contribution in [0.3, 0.4) is 0 Å². The minimum atomic E-state index is 0.481. The second-order valence-corrected chi connectivity index (χ2v) is 4.00. The zero-order valence-corrected chi connectivity index (χ0v) is 10.3. The van der Waals surface area contributed by atoms with E-state index in [-0.39, 0.29) is 0 Å². The fourth-order valence-electron chi connectivity index (χ4n) is 1.70. The molecule has 0 N–H and O–H groups in total. The van der Waals surface area contributed by atoms with Crippen LogP contribution in [0, 0.1) is 0 Å². The molecule has 0 aromatic heterocycles. The van der Waals surface area contributed by atoms with Crippen LogP contribution in [0.4, 0.5) is 0 Å². The molecule has 0 saturated heterocycles. The largest absolute Gasteiger partial charge is 0.488 e. The average molecular weight is 236 g/mol. The topological polar surface area (TPSA) is 9.23 Å². The number of hydrogen-bond donors (Lipinski definition) is 0. The molecule has 1 heteroatoms.